The number of para-hydroxylation sites is 1. The number of carbonyl (C=O) groups is 2. The Morgan fingerprint density at radius 2 is 1.46 bits per heavy atom. The maximum absolute atomic E-state index is 13.4. The van der Waals surface area contributed by atoms with Gasteiger partial charge in [-0.25, -0.2) is 12.7 Å². The summed E-state index contributed by atoms with van der Waals surface area (Å²) < 4.78 is 66.0. The molecule has 3 aromatic carbocycles. The van der Waals surface area contributed by atoms with Crippen molar-refractivity contribution in [2.45, 2.75) is 51.4 Å². The van der Waals surface area contributed by atoms with Gasteiger partial charge in [0.1, 0.15) is 0 Å². The molecular weight excluding hydrogens is 662 g/mol. The van der Waals surface area contributed by atoms with Gasteiger partial charge >= 0.3 is 6.18 Å². The van der Waals surface area contributed by atoms with Crippen LogP contribution in [-0.2, 0) is 21.0 Å². The molecule has 0 radical (unpaired) electrons. The topological polar surface area (TPSA) is 90.0 Å². The number of carbonyl (C=O) groups excluding carboxylic acids is 2. The number of rotatable bonds is 5. The highest BCUT2D eigenvalue weighted by Gasteiger charge is 2.37. The van der Waals surface area contributed by atoms with Crippen LogP contribution in [0.1, 0.15) is 55.1 Å². The Hall–Kier alpha value is -4.07. The number of likely N-dealkylation sites (tertiary alicyclic amines) is 1. The molecule has 2 amide bonds. The third-order valence-electron chi connectivity index (χ3n) is 8.01. The molecule has 1 fully saturated rings. The Labute approximate surface area is 283 Å². The third kappa shape index (κ3) is 8.13. The van der Waals surface area contributed by atoms with E-state index in [4.69, 9.17) is 0 Å². The number of sulfonamides is 1. The summed E-state index contributed by atoms with van der Waals surface area (Å²) in [5.74, 6) is -1.08. The number of anilines is 1. The summed E-state index contributed by atoms with van der Waals surface area (Å²) in [5, 5.41) is 4.61. The predicted molar refractivity (Wildman–Crippen MR) is 183 cm³/mol. The summed E-state index contributed by atoms with van der Waals surface area (Å²) >= 11 is 1.75. The van der Waals surface area contributed by atoms with Gasteiger partial charge < -0.3 is 10.2 Å². The molecule has 0 atom stereocenters. The minimum absolute atomic E-state index is 0.00418. The van der Waals surface area contributed by atoms with Gasteiger partial charge in [0.25, 0.3) is 21.8 Å². The van der Waals surface area contributed by atoms with E-state index in [1.54, 1.807) is 47.2 Å². The maximum atomic E-state index is 13.4. The minimum atomic E-state index is -4.55. The van der Waals surface area contributed by atoms with Crippen LogP contribution in [0.3, 0.4) is 0 Å². The van der Waals surface area contributed by atoms with E-state index in [-0.39, 0.29) is 17.1 Å². The summed E-state index contributed by atoms with van der Waals surface area (Å²) in [6, 6.07) is 23.7. The summed E-state index contributed by atoms with van der Waals surface area (Å²) in [4.78, 5) is 26.9. The van der Waals surface area contributed by atoms with Crippen molar-refractivity contribution in [1.82, 2.24) is 14.5 Å². The van der Waals surface area contributed by atoms with Crippen LogP contribution in [0, 0.1) is 0 Å². The number of nitrogens with one attached hydrogen (secondary N) is 1. The predicted octanol–water partition coefficient (Wildman–Crippen LogP) is 6.91. The normalized spacial score (nSPS) is 18.6. The molecule has 3 heterocycles. The summed E-state index contributed by atoms with van der Waals surface area (Å²) in [5.41, 5.74) is 1.54. The molecule has 1 N–H and O–H groups in total. The van der Waals surface area contributed by atoms with E-state index in [9.17, 15) is 31.2 Å². The molecule has 0 spiro atoms. The van der Waals surface area contributed by atoms with Gasteiger partial charge in [-0.2, -0.15) is 17.5 Å². The van der Waals surface area contributed by atoms with Gasteiger partial charge in [-0.3, -0.25) is 9.59 Å². The van der Waals surface area contributed by atoms with Crippen molar-refractivity contribution >= 4 is 44.4 Å². The average molecular weight is 699 g/mol. The first-order valence-corrected chi connectivity index (χ1v) is 17.7. The van der Waals surface area contributed by atoms with Gasteiger partial charge in [-0.15, -0.1) is 0 Å². The van der Waals surface area contributed by atoms with Crippen LogP contribution in [0.4, 0.5) is 18.9 Å². The second-order valence-corrected chi connectivity index (χ2v) is 15.2. The molecule has 1 saturated heterocycles. The zero-order chi connectivity index (χ0) is 34.7. The Kier molecular flexibility index (Phi) is 10.4. The second-order valence-electron chi connectivity index (χ2n) is 12.5. The van der Waals surface area contributed by atoms with Crippen LogP contribution in [0.15, 0.2) is 102 Å². The van der Waals surface area contributed by atoms with Gasteiger partial charge in [0.15, 0.2) is 0 Å². The molecule has 8 nitrogen and oxygen atoms in total. The molecule has 48 heavy (non-hydrogen) atoms. The standard InChI is InChI=1S/C26H30F3N3OS.C9H7NO3S/c1-25(2,3)32-17-22(23(34-32)18-9-5-4-6-10-18)30-19-13-15-31(16-14-19)24(33)20-11-7-8-12-21(20)26(27,28)29;11-9-6-7-14(12,13)10(9)8-4-2-1-3-5-8/h4-12,19,30H,13-17H2,1-3H3;1-7H. The minimum Gasteiger partial charge on any atom is -0.383 e. The van der Waals surface area contributed by atoms with Crippen molar-refractivity contribution in [3.8, 4) is 0 Å². The van der Waals surface area contributed by atoms with Crippen molar-refractivity contribution in [2.24, 2.45) is 0 Å². The van der Waals surface area contributed by atoms with Crippen molar-refractivity contribution in [3.05, 3.63) is 119 Å². The van der Waals surface area contributed by atoms with Crippen LogP contribution in [0.2, 0.25) is 0 Å². The van der Waals surface area contributed by atoms with Gasteiger partial charge in [0.05, 0.1) is 33.7 Å². The summed E-state index contributed by atoms with van der Waals surface area (Å²) in [6.07, 6.45) is -2.13. The number of amides is 2. The van der Waals surface area contributed by atoms with Gasteiger partial charge in [0.2, 0.25) is 0 Å². The fourth-order valence-electron chi connectivity index (χ4n) is 5.51. The quantitative estimate of drug-likeness (QED) is 0.290. The first-order valence-electron chi connectivity index (χ1n) is 15.4. The lowest BCUT2D eigenvalue weighted by atomic mass is 10.0. The van der Waals surface area contributed by atoms with E-state index in [1.165, 1.54) is 28.8 Å². The SMILES string of the molecule is CC(C)(C)N1CC(NC2CCN(C(=O)c3ccccc3C(F)(F)F)CC2)=C(c2ccccc2)S1.O=C1C=CS(=O)(=O)N1c1ccccc1. The number of piperidine rings is 1. The Morgan fingerprint density at radius 1 is 0.875 bits per heavy atom. The van der Waals surface area contributed by atoms with Crippen molar-refractivity contribution < 1.29 is 31.2 Å². The largest absolute Gasteiger partial charge is 0.417 e. The monoisotopic (exact) mass is 698 g/mol. The van der Waals surface area contributed by atoms with Gasteiger partial charge in [-0.05, 0) is 75.4 Å². The fraction of sp³-hybridized carbons (Fsp3) is 0.314. The molecule has 0 unspecified atom stereocenters. The first kappa shape index (κ1) is 35.2. The zero-order valence-corrected chi connectivity index (χ0v) is 28.4. The van der Waals surface area contributed by atoms with Crippen molar-refractivity contribution in [3.63, 3.8) is 0 Å². The van der Waals surface area contributed by atoms with Crippen LogP contribution < -0.4 is 9.62 Å². The Balaban J connectivity index is 0.000000267. The van der Waals surface area contributed by atoms with Crippen LogP contribution in [-0.4, -0.2) is 60.7 Å². The highest BCUT2D eigenvalue weighted by molar-refractivity contribution is 8.06. The zero-order valence-electron chi connectivity index (χ0n) is 26.8. The number of nitrogens with zero attached hydrogens (tertiary/aromatic N) is 3. The van der Waals surface area contributed by atoms with Crippen LogP contribution in [0.25, 0.3) is 4.91 Å². The Morgan fingerprint density at radius 3 is 2.02 bits per heavy atom. The number of hydrogen-bond donors (Lipinski definition) is 1. The third-order valence-corrected chi connectivity index (χ3v) is 11.0. The highest BCUT2D eigenvalue weighted by atomic mass is 32.2. The molecule has 3 aliphatic rings. The first-order chi connectivity index (χ1) is 22.6. The molecule has 0 bridgehead atoms. The molecule has 254 valence electrons. The van der Waals surface area contributed by atoms with E-state index in [0.29, 0.717) is 31.6 Å². The smallest absolute Gasteiger partial charge is 0.383 e. The Bertz CT molecular complexity index is 1800. The van der Waals surface area contributed by atoms with Crippen LogP contribution in [0.5, 0.6) is 0 Å². The molecule has 6 rings (SSSR count). The van der Waals surface area contributed by atoms with Crippen molar-refractivity contribution in [1.29, 1.82) is 0 Å². The lowest BCUT2D eigenvalue weighted by Crippen LogP contribution is -2.46. The van der Waals surface area contributed by atoms with E-state index in [0.717, 1.165) is 34.0 Å². The number of alkyl halides is 3. The molecule has 3 aliphatic heterocycles. The molecule has 0 aromatic heterocycles. The maximum Gasteiger partial charge on any atom is 0.417 e. The molecule has 0 saturated carbocycles. The number of halogens is 3. The van der Waals surface area contributed by atoms with Gasteiger partial charge in [-0.1, -0.05) is 60.7 Å². The lowest BCUT2D eigenvalue weighted by molar-refractivity contribution is -0.138. The summed E-state index contributed by atoms with van der Waals surface area (Å²) in [6.45, 7) is 8.20. The molecular formula is C35H37F3N4O4S2. The fourth-order valence-corrected chi connectivity index (χ4v) is 7.81. The van der Waals surface area contributed by atoms with E-state index < -0.39 is 33.6 Å². The summed E-state index contributed by atoms with van der Waals surface area (Å²) in [7, 11) is -3.59. The molecule has 0 aliphatic carbocycles. The number of hydrogen-bond acceptors (Lipinski definition) is 7. The molecule has 3 aromatic rings. The number of benzene rings is 3. The lowest BCUT2D eigenvalue weighted by Gasteiger charge is -2.34. The van der Waals surface area contributed by atoms with E-state index >= 15 is 0 Å². The molecule has 13 heteroatoms. The van der Waals surface area contributed by atoms with Crippen molar-refractivity contribution in [2.75, 3.05) is 23.9 Å². The van der Waals surface area contributed by atoms with Crippen LogP contribution >= 0.6 is 11.9 Å². The van der Waals surface area contributed by atoms with Gasteiger partial charge in [0, 0.05) is 36.4 Å². The highest BCUT2D eigenvalue weighted by Crippen LogP contribution is 2.43. The second kappa shape index (κ2) is 14.2. The van der Waals surface area contributed by atoms with E-state index in [2.05, 4.69) is 42.5 Å². The average Bonchev–Trinajstić information content (AvgIpc) is 3.61. The van der Waals surface area contributed by atoms with E-state index in [1.807, 2.05) is 18.2 Å².